The molecule has 2 aromatic heterocycles. The molecule has 0 unspecified atom stereocenters. The lowest BCUT2D eigenvalue weighted by atomic mass is 10.1. The number of carbonyl (C=O) groups is 2. The highest BCUT2D eigenvalue weighted by molar-refractivity contribution is 7.11. The third-order valence-electron chi connectivity index (χ3n) is 2.33. The van der Waals surface area contributed by atoms with Crippen molar-refractivity contribution in [1.82, 2.24) is 4.98 Å². The lowest BCUT2D eigenvalue weighted by Gasteiger charge is -1.96. The van der Waals surface area contributed by atoms with Gasteiger partial charge in [-0.15, -0.1) is 11.3 Å². The molecule has 0 saturated heterocycles. The number of thiazole rings is 1. The fourth-order valence-corrected chi connectivity index (χ4v) is 2.16. The first kappa shape index (κ1) is 11.7. The molecule has 0 aromatic carbocycles. The maximum atomic E-state index is 11.9. The molecule has 0 N–H and O–H groups in total. The molecule has 17 heavy (non-hydrogen) atoms. The van der Waals surface area contributed by atoms with Crippen molar-refractivity contribution >= 4 is 22.9 Å². The van der Waals surface area contributed by atoms with E-state index in [9.17, 15) is 9.59 Å². The largest absolute Gasteiger partial charge is 0.466 e. The van der Waals surface area contributed by atoms with Crippen LogP contribution in [0.1, 0.15) is 38.1 Å². The van der Waals surface area contributed by atoms with Crippen LogP contribution in [0.5, 0.6) is 0 Å². The summed E-state index contributed by atoms with van der Waals surface area (Å²) in [5.41, 5.74) is 0.479. The van der Waals surface area contributed by atoms with Crippen molar-refractivity contribution in [3.05, 3.63) is 39.7 Å². The van der Waals surface area contributed by atoms with Crippen molar-refractivity contribution in [3.63, 3.8) is 0 Å². The molecular formula is C12H11NO3S. The molecule has 0 atom stereocenters. The first-order valence-corrected chi connectivity index (χ1v) is 5.99. The summed E-state index contributed by atoms with van der Waals surface area (Å²) in [4.78, 5) is 27.5. The highest BCUT2D eigenvalue weighted by atomic mass is 32.1. The van der Waals surface area contributed by atoms with E-state index in [0.717, 1.165) is 0 Å². The van der Waals surface area contributed by atoms with E-state index < -0.39 is 0 Å². The Bertz CT molecular complexity index is 554. The van der Waals surface area contributed by atoms with Gasteiger partial charge < -0.3 is 4.42 Å². The summed E-state index contributed by atoms with van der Waals surface area (Å²) in [5.74, 6) is 0.759. The average molecular weight is 249 g/mol. The zero-order valence-corrected chi connectivity index (χ0v) is 10.3. The predicted octanol–water partition coefficient (Wildman–Crippen LogP) is 2.81. The Morgan fingerprint density at radius 1 is 1.35 bits per heavy atom. The van der Waals surface area contributed by atoms with Crippen LogP contribution in [0.15, 0.2) is 22.1 Å². The van der Waals surface area contributed by atoms with Crippen molar-refractivity contribution in [2.24, 2.45) is 0 Å². The fourth-order valence-electron chi connectivity index (χ4n) is 1.59. The van der Waals surface area contributed by atoms with Gasteiger partial charge in [0.25, 0.3) is 0 Å². The number of rotatable bonds is 4. The summed E-state index contributed by atoms with van der Waals surface area (Å²) in [6, 6.07) is 1.66. The fraction of sp³-hybridized carbons (Fsp3) is 0.250. The Kier molecular flexibility index (Phi) is 3.19. The van der Waals surface area contributed by atoms with Crippen LogP contribution in [0.2, 0.25) is 0 Å². The highest BCUT2D eigenvalue weighted by Gasteiger charge is 2.19. The van der Waals surface area contributed by atoms with Gasteiger partial charge in [0.05, 0.1) is 12.0 Å². The van der Waals surface area contributed by atoms with Crippen LogP contribution in [0.25, 0.3) is 0 Å². The minimum atomic E-state index is -0.247. The zero-order chi connectivity index (χ0) is 12.4. The molecule has 0 aliphatic carbocycles. The Hall–Kier alpha value is -1.75. The monoisotopic (exact) mass is 249 g/mol. The van der Waals surface area contributed by atoms with Crippen LogP contribution in [-0.4, -0.2) is 16.6 Å². The molecule has 2 rings (SSSR count). The summed E-state index contributed by atoms with van der Waals surface area (Å²) in [6.07, 6.45) is 1.39. The van der Waals surface area contributed by atoms with Crippen LogP contribution in [-0.2, 0) is 0 Å². The Morgan fingerprint density at radius 2 is 2.12 bits per heavy atom. The highest BCUT2D eigenvalue weighted by Crippen LogP contribution is 2.17. The number of aryl methyl sites for hydroxylation is 2. The maximum Gasteiger partial charge on any atom is 0.199 e. The smallest absolute Gasteiger partial charge is 0.199 e. The van der Waals surface area contributed by atoms with E-state index in [1.807, 2.05) is 0 Å². The van der Waals surface area contributed by atoms with Gasteiger partial charge in [0.1, 0.15) is 11.5 Å². The SMILES string of the molecule is Cc1cc(C(=O)CC(=O)c2nccs2)c(C)o1. The molecule has 0 fully saturated rings. The lowest BCUT2D eigenvalue weighted by molar-refractivity contribution is 0.0893. The Labute approximate surface area is 102 Å². The van der Waals surface area contributed by atoms with Gasteiger partial charge in [0, 0.05) is 11.6 Å². The van der Waals surface area contributed by atoms with Gasteiger partial charge in [-0.3, -0.25) is 9.59 Å². The third kappa shape index (κ3) is 2.50. The predicted molar refractivity (Wildman–Crippen MR) is 63.6 cm³/mol. The summed E-state index contributed by atoms with van der Waals surface area (Å²) >= 11 is 1.24. The van der Waals surface area contributed by atoms with E-state index in [-0.39, 0.29) is 18.0 Å². The number of aromatic nitrogens is 1. The van der Waals surface area contributed by atoms with Crippen LogP contribution in [0.4, 0.5) is 0 Å². The quantitative estimate of drug-likeness (QED) is 0.617. The van der Waals surface area contributed by atoms with E-state index >= 15 is 0 Å². The minimum Gasteiger partial charge on any atom is -0.466 e. The van der Waals surface area contributed by atoms with Gasteiger partial charge in [-0.1, -0.05) is 0 Å². The molecule has 0 bridgehead atoms. The molecule has 2 aromatic rings. The minimum absolute atomic E-state index is 0.159. The Balaban J connectivity index is 2.12. The van der Waals surface area contributed by atoms with Crippen molar-refractivity contribution in [1.29, 1.82) is 0 Å². The van der Waals surface area contributed by atoms with Crippen LogP contribution in [0.3, 0.4) is 0 Å². The molecule has 0 aliphatic rings. The number of furan rings is 1. The van der Waals surface area contributed by atoms with Gasteiger partial charge in [0.2, 0.25) is 0 Å². The number of ketones is 2. The number of nitrogens with zero attached hydrogens (tertiary/aromatic N) is 1. The standard InChI is InChI=1S/C12H11NO3S/c1-7-5-9(8(2)16-7)10(14)6-11(15)12-13-3-4-17-12/h3-5H,6H2,1-2H3. The summed E-state index contributed by atoms with van der Waals surface area (Å²) < 4.78 is 5.26. The molecule has 2 heterocycles. The molecular weight excluding hydrogens is 238 g/mol. The first-order chi connectivity index (χ1) is 8.08. The molecule has 4 nitrogen and oxygen atoms in total. The normalized spacial score (nSPS) is 10.5. The second-order valence-electron chi connectivity index (χ2n) is 3.69. The number of carbonyl (C=O) groups excluding carboxylic acids is 2. The molecule has 0 radical (unpaired) electrons. The van der Waals surface area contributed by atoms with Crippen molar-refractivity contribution < 1.29 is 14.0 Å². The molecule has 88 valence electrons. The third-order valence-corrected chi connectivity index (χ3v) is 3.15. The van der Waals surface area contributed by atoms with E-state index in [1.165, 1.54) is 11.3 Å². The first-order valence-electron chi connectivity index (χ1n) is 5.11. The van der Waals surface area contributed by atoms with Crippen LogP contribution in [0, 0.1) is 13.8 Å². The van der Waals surface area contributed by atoms with Crippen LogP contribution < -0.4 is 0 Å². The molecule has 0 spiro atoms. The second kappa shape index (κ2) is 4.63. The maximum absolute atomic E-state index is 11.9. The number of hydrogen-bond donors (Lipinski definition) is 0. The van der Waals surface area contributed by atoms with Gasteiger partial charge in [0.15, 0.2) is 16.6 Å². The van der Waals surface area contributed by atoms with Gasteiger partial charge in [-0.25, -0.2) is 4.98 Å². The van der Waals surface area contributed by atoms with Crippen molar-refractivity contribution in [2.45, 2.75) is 20.3 Å². The Morgan fingerprint density at radius 3 is 2.65 bits per heavy atom. The summed E-state index contributed by atoms with van der Waals surface area (Å²) in [7, 11) is 0. The van der Waals surface area contributed by atoms with Crippen molar-refractivity contribution in [2.75, 3.05) is 0 Å². The van der Waals surface area contributed by atoms with E-state index in [0.29, 0.717) is 22.1 Å². The van der Waals surface area contributed by atoms with Crippen LogP contribution >= 0.6 is 11.3 Å². The molecule has 5 heteroatoms. The van der Waals surface area contributed by atoms with Gasteiger partial charge in [-0.05, 0) is 19.9 Å². The van der Waals surface area contributed by atoms with E-state index in [1.54, 1.807) is 31.5 Å². The molecule has 0 saturated carbocycles. The molecule has 0 aliphatic heterocycles. The average Bonchev–Trinajstić information content (AvgIpc) is 2.87. The number of hydrogen-bond acceptors (Lipinski definition) is 5. The topological polar surface area (TPSA) is 60.2 Å². The van der Waals surface area contributed by atoms with Gasteiger partial charge >= 0.3 is 0 Å². The zero-order valence-electron chi connectivity index (χ0n) is 9.52. The second-order valence-corrected chi connectivity index (χ2v) is 4.58. The van der Waals surface area contributed by atoms with E-state index in [4.69, 9.17) is 4.42 Å². The van der Waals surface area contributed by atoms with Crippen molar-refractivity contribution in [3.8, 4) is 0 Å². The molecule has 0 amide bonds. The number of Topliss-reactive ketones (excluding diaryl/α,β-unsaturated/α-hetero) is 2. The van der Waals surface area contributed by atoms with Gasteiger partial charge in [-0.2, -0.15) is 0 Å². The van der Waals surface area contributed by atoms with E-state index in [2.05, 4.69) is 4.98 Å². The summed E-state index contributed by atoms with van der Waals surface area (Å²) in [6.45, 7) is 3.49. The lowest BCUT2D eigenvalue weighted by Crippen LogP contribution is -2.08. The summed E-state index contributed by atoms with van der Waals surface area (Å²) in [5, 5.41) is 2.08.